The topological polar surface area (TPSA) is 57.7 Å². The Morgan fingerprint density at radius 2 is 1.76 bits per heavy atom. The molecule has 1 fully saturated rings. The van der Waals surface area contributed by atoms with Crippen LogP contribution in [0.25, 0.3) is 0 Å². The molecule has 0 spiro atoms. The van der Waals surface area contributed by atoms with Crippen LogP contribution in [0.15, 0.2) is 53.4 Å². The summed E-state index contributed by atoms with van der Waals surface area (Å²) in [7, 11) is -3.96. The van der Waals surface area contributed by atoms with E-state index in [2.05, 4.69) is 0 Å². The highest BCUT2D eigenvalue weighted by Crippen LogP contribution is 2.24. The van der Waals surface area contributed by atoms with Crippen LogP contribution in [0, 0.1) is 5.82 Å². The Morgan fingerprint density at radius 3 is 2.41 bits per heavy atom. The van der Waals surface area contributed by atoms with Gasteiger partial charge in [-0.25, -0.2) is 12.8 Å². The van der Waals surface area contributed by atoms with Gasteiger partial charge in [-0.3, -0.25) is 4.79 Å². The number of sulfonamides is 1. The molecule has 0 N–H and O–H groups in total. The number of piperidine rings is 1. The molecule has 1 saturated heterocycles. The first-order chi connectivity index (χ1) is 13.9. The highest BCUT2D eigenvalue weighted by Gasteiger charge is 2.30. The van der Waals surface area contributed by atoms with E-state index in [0.717, 1.165) is 37.3 Å². The molecule has 1 aliphatic rings. The first kappa shape index (κ1) is 21.5. The molecule has 0 saturated carbocycles. The zero-order valence-corrected chi connectivity index (χ0v) is 17.5. The minimum absolute atomic E-state index is 0.186. The highest BCUT2D eigenvalue weighted by atomic mass is 32.2. The van der Waals surface area contributed by atoms with Gasteiger partial charge in [0, 0.05) is 31.7 Å². The molecule has 29 heavy (non-hydrogen) atoms. The number of halogens is 1. The van der Waals surface area contributed by atoms with Crippen LogP contribution < -0.4 is 0 Å². The van der Waals surface area contributed by atoms with E-state index in [1.54, 1.807) is 4.90 Å². The van der Waals surface area contributed by atoms with Gasteiger partial charge in [0.05, 0.1) is 0 Å². The number of amides is 1. The Bertz CT molecular complexity index is 942. The molecule has 0 unspecified atom stereocenters. The number of carbonyl (C=O) groups excluding carboxylic acids is 1. The molecule has 1 heterocycles. The van der Waals surface area contributed by atoms with E-state index >= 15 is 0 Å². The number of hydrogen-bond acceptors (Lipinski definition) is 3. The van der Waals surface area contributed by atoms with E-state index in [9.17, 15) is 17.6 Å². The Balaban J connectivity index is 1.89. The number of carbonyl (C=O) groups is 1. The fourth-order valence-corrected chi connectivity index (χ4v) is 5.19. The summed E-state index contributed by atoms with van der Waals surface area (Å²) in [6.45, 7) is 3.69. The fourth-order valence-electron chi connectivity index (χ4n) is 3.59. The van der Waals surface area contributed by atoms with Gasteiger partial charge in [-0.2, -0.15) is 4.31 Å². The molecule has 0 radical (unpaired) electrons. The van der Waals surface area contributed by atoms with E-state index in [0.29, 0.717) is 26.2 Å². The Morgan fingerprint density at radius 1 is 1.07 bits per heavy atom. The minimum Gasteiger partial charge on any atom is -0.334 e. The van der Waals surface area contributed by atoms with Crippen molar-refractivity contribution in [2.45, 2.75) is 44.0 Å². The lowest BCUT2D eigenvalue weighted by Gasteiger charge is -2.26. The number of nitrogens with zero attached hydrogens (tertiary/aromatic N) is 2. The Kier molecular flexibility index (Phi) is 7.03. The first-order valence-corrected chi connectivity index (χ1v) is 11.5. The molecule has 0 aromatic heterocycles. The molecular weight excluding hydrogens is 391 g/mol. The van der Waals surface area contributed by atoms with Crippen molar-refractivity contribution in [3.63, 3.8) is 0 Å². The summed E-state index contributed by atoms with van der Waals surface area (Å²) in [5.41, 5.74) is 1.17. The molecule has 156 valence electrons. The van der Waals surface area contributed by atoms with Crippen molar-refractivity contribution in [2.75, 3.05) is 19.6 Å². The SMILES string of the molecule is CCCN(Cc1ccccc1)C(=O)c1ccc(F)c(S(=O)(=O)N2CCCCC2)c1. The molecule has 2 aromatic carbocycles. The third-order valence-electron chi connectivity index (χ3n) is 5.11. The van der Waals surface area contributed by atoms with Gasteiger partial charge in [-0.1, -0.05) is 43.7 Å². The van der Waals surface area contributed by atoms with Crippen molar-refractivity contribution >= 4 is 15.9 Å². The van der Waals surface area contributed by atoms with Crippen molar-refractivity contribution in [2.24, 2.45) is 0 Å². The maximum absolute atomic E-state index is 14.4. The van der Waals surface area contributed by atoms with E-state index < -0.39 is 20.7 Å². The quantitative estimate of drug-likeness (QED) is 0.682. The summed E-state index contributed by atoms with van der Waals surface area (Å²) in [6.07, 6.45) is 3.26. The second-order valence-electron chi connectivity index (χ2n) is 7.32. The van der Waals surface area contributed by atoms with Crippen LogP contribution >= 0.6 is 0 Å². The standard InChI is InChI=1S/C22H27FN2O3S/c1-2-13-24(17-18-9-5-3-6-10-18)22(26)19-11-12-20(23)21(16-19)29(27,28)25-14-7-4-8-15-25/h3,5-6,9-12,16H,2,4,7-8,13-15,17H2,1H3. The van der Waals surface area contributed by atoms with Gasteiger partial charge >= 0.3 is 0 Å². The molecule has 0 bridgehead atoms. The molecule has 3 rings (SSSR count). The van der Waals surface area contributed by atoms with Crippen LogP contribution in [-0.4, -0.2) is 43.2 Å². The number of hydrogen-bond donors (Lipinski definition) is 0. The van der Waals surface area contributed by atoms with Crippen LogP contribution in [0.5, 0.6) is 0 Å². The third-order valence-corrected chi connectivity index (χ3v) is 7.02. The van der Waals surface area contributed by atoms with Crippen molar-refractivity contribution < 1.29 is 17.6 Å². The lowest BCUT2D eigenvalue weighted by molar-refractivity contribution is 0.0743. The normalized spacial score (nSPS) is 15.2. The van der Waals surface area contributed by atoms with Gasteiger partial charge in [0.1, 0.15) is 10.7 Å². The summed E-state index contributed by atoms with van der Waals surface area (Å²) in [4.78, 5) is 14.4. The van der Waals surface area contributed by atoms with Crippen LogP contribution in [0.2, 0.25) is 0 Å². The van der Waals surface area contributed by atoms with Crippen molar-refractivity contribution in [3.8, 4) is 0 Å². The lowest BCUT2D eigenvalue weighted by atomic mass is 10.1. The molecule has 0 atom stereocenters. The average Bonchev–Trinajstić information content (AvgIpc) is 2.74. The van der Waals surface area contributed by atoms with Crippen LogP contribution in [0.3, 0.4) is 0 Å². The van der Waals surface area contributed by atoms with Crippen LogP contribution in [-0.2, 0) is 16.6 Å². The monoisotopic (exact) mass is 418 g/mol. The first-order valence-electron chi connectivity index (χ1n) is 10.1. The van der Waals surface area contributed by atoms with Crippen molar-refractivity contribution in [1.82, 2.24) is 9.21 Å². The van der Waals surface area contributed by atoms with E-state index in [1.165, 1.54) is 16.4 Å². The molecule has 0 aliphatic carbocycles. The van der Waals surface area contributed by atoms with E-state index in [-0.39, 0.29) is 11.5 Å². The Hall–Kier alpha value is -2.25. The molecule has 2 aromatic rings. The second-order valence-corrected chi connectivity index (χ2v) is 9.23. The van der Waals surface area contributed by atoms with Gasteiger partial charge in [0.25, 0.3) is 5.91 Å². The van der Waals surface area contributed by atoms with Crippen molar-refractivity contribution in [1.29, 1.82) is 0 Å². The van der Waals surface area contributed by atoms with Gasteiger partial charge in [0.2, 0.25) is 10.0 Å². The molecule has 7 heteroatoms. The minimum atomic E-state index is -3.96. The van der Waals surface area contributed by atoms with Gasteiger partial charge < -0.3 is 4.90 Å². The zero-order valence-electron chi connectivity index (χ0n) is 16.7. The summed E-state index contributed by atoms with van der Waals surface area (Å²) in [6, 6.07) is 13.2. The van der Waals surface area contributed by atoms with Crippen LogP contribution in [0.1, 0.15) is 48.5 Å². The maximum atomic E-state index is 14.4. The molecule has 1 amide bonds. The third kappa shape index (κ3) is 5.03. The number of benzene rings is 2. The van der Waals surface area contributed by atoms with E-state index in [1.807, 2.05) is 37.3 Å². The smallest absolute Gasteiger partial charge is 0.254 e. The molecule has 5 nitrogen and oxygen atoms in total. The fraction of sp³-hybridized carbons (Fsp3) is 0.409. The highest BCUT2D eigenvalue weighted by molar-refractivity contribution is 7.89. The summed E-state index contributed by atoms with van der Waals surface area (Å²) >= 11 is 0. The van der Waals surface area contributed by atoms with Gasteiger partial charge in [-0.05, 0) is 43.0 Å². The average molecular weight is 419 g/mol. The molecule has 1 aliphatic heterocycles. The van der Waals surface area contributed by atoms with Gasteiger partial charge in [-0.15, -0.1) is 0 Å². The predicted octanol–water partition coefficient (Wildman–Crippen LogP) is 4.05. The lowest BCUT2D eigenvalue weighted by Crippen LogP contribution is -2.36. The summed E-state index contributed by atoms with van der Waals surface area (Å²) in [5.74, 6) is -1.12. The largest absolute Gasteiger partial charge is 0.334 e. The maximum Gasteiger partial charge on any atom is 0.254 e. The van der Waals surface area contributed by atoms with Gasteiger partial charge in [0.15, 0.2) is 0 Å². The second kappa shape index (κ2) is 9.50. The van der Waals surface area contributed by atoms with E-state index in [4.69, 9.17) is 0 Å². The number of rotatable bonds is 7. The Labute approximate surface area is 172 Å². The predicted molar refractivity (Wildman–Crippen MR) is 110 cm³/mol. The summed E-state index contributed by atoms with van der Waals surface area (Å²) in [5, 5.41) is 0. The van der Waals surface area contributed by atoms with Crippen LogP contribution in [0.4, 0.5) is 4.39 Å². The zero-order chi connectivity index (χ0) is 20.9. The molecular formula is C22H27FN2O3S. The van der Waals surface area contributed by atoms with Crippen molar-refractivity contribution in [3.05, 3.63) is 65.5 Å². The summed E-state index contributed by atoms with van der Waals surface area (Å²) < 4.78 is 41.6.